The van der Waals surface area contributed by atoms with Crippen LogP contribution in [0.15, 0.2) is 18.2 Å². The normalized spacial score (nSPS) is 12.2. The van der Waals surface area contributed by atoms with E-state index in [4.69, 9.17) is 5.73 Å². The number of hydrogen-bond acceptors (Lipinski definition) is 5. The molecule has 1 unspecified atom stereocenters. The van der Waals surface area contributed by atoms with Crippen molar-refractivity contribution in [3.8, 4) is 5.75 Å². The third kappa shape index (κ3) is 4.67. The Morgan fingerprint density at radius 2 is 2.11 bits per heavy atom. The minimum absolute atomic E-state index is 0.0439. The highest BCUT2D eigenvalue weighted by Gasteiger charge is 2.27. The van der Waals surface area contributed by atoms with Crippen LogP contribution in [0.2, 0.25) is 5.82 Å². The van der Waals surface area contributed by atoms with Crippen molar-refractivity contribution >= 4 is 12.9 Å². The number of carbonyl (C=O) groups excluding carboxylic acids is 1. The smallest absolute Gasteiger partial charge is 0.455 e. The van der Waals surface area contributed by atoms with Gasteiger partial charge in [0.05, 0.1) is 0 Å². The standard InChI is InChI=1S/C13H20BNO4/c1-9-3-2-4-10(13(9)17)7-11(14(18)19)8-12(16)5-6-15/h2-4,11,17-19H,5-8,15H2,1H3. The number of nitrogens with two attached hydrogens (primary N) is 1. The van der Waals surface area contributed by atoms with Gasteiger partial charge in [-0.3, -0.25) is 4.79 Å². The molecule has 0 aromatic heterocycles. The lowest BCUT2D eigenvalue weighted by molar-refractivity contribution is -0.119. The van der Waals surface area contributed by atoms with E-state index in [2.05, 4.69) is 0 Å². The van der Waals surface area contributed by atoms with Crippen molar-refractivity contribution in [2.75, 3.05) is 6.54 Å². The van der Waals surface area contributed by atoms with Crippen LogP contribution in [0, 0.1) is 6.92 Å². The van der Waals surface area contributed by atoms with E-state index in [1.54, 1.807) is 25.1 Å². The van der Waals surface area contributed by atoms with Gasteiger partial charge in [0.25, 0.3) is 0 Å². The molecule has 0 aliphatic heterocycles. The average Bonchev–Trinajstić information content (AvgIpc) is 2.34. The summed E-state index contributed by atoms with van der Waals surface area (Å²) in [4.78, 5) is 11.5. The van der Waals surface area contributed by atoms with Crippen molar-refractivity contribution in [3.05, 3.63) is 29.3 Å². The van der Waals surface area contributed by atoms with Gasteiger partial charge in [-0.05, 0) is 31.0 Å². The molecule has 1 atom stereocenters. The number of phenols is 1. The fourth-order valence-electron chi connectivity index (χ4n) is 2.01. The number of aryl methyl sites for hydroxylation is 1. The van der Waals surface area contributed by atoms with Crippen molar-refractivity contribution in [2.24, 2.45) is 5.73 Å². The predicted molar refractivity (Wildman–Crippen MR) is 73.8 cm³/mol. The van der Waals surface area contributed by atoms with Gasteiger partial charge in [0.1, 0.15) is 11.5 Å². The summed E-state index contributed by atoms with van der Waals surface area (Å²) in [6, 6.07) is 5.26. The molecule has 1 aromatic rings. The van der Waals surface area contributed by atoms with Crippen molar-refractivity contribution in [1.29, 1.82) is 0 Å². The molecule has 1 aromatic carbocycles. The van der Waals surface area contributed by atoms with Gasteiger partial charge in [-0.2, -0.15) is 0 Å². The first-order valence-electron chi connectivity index (χ1n) is 6.31. The highest BCUT2D eigenvalue weighted by molar-refractivity contribution is 6.43. The Bertz CT molecular complexity index is 437. The summed E-state index contributed by atoms with van der Waals surface area (Å²) >= 11 is 0. The molecule has 0 fully saturated rings. The van der Waals surface area contributed by atoms with Crippen molar-refractivity contribution in [1.82, 2.24) is 0 Å². The van der Waals surface area contributed by atoms with Gasteiger partial charge < -0.3 is 20.9 Å². The van der Waals surface area contributed by atoms with E-state index in [-0.39, 0.29) is 37.3 Å². The maximum absolute atomic E-state index is 11.5. The molecular weight excluding hydrogens is 245 g/mol. The molecule has 5 nitrogen and oxygen atoms in total. The van der Waals surface area contributed by atoms with Crippen LogP contribution >= 0.6 is 0 Å². The number of benzene rings is 1. The van der Waals surface area contributed by atoms with Crippen molar-refractivity contribution in [3.63, 3.8) is 0 Å². The van der Waals surface area contributed by atoms with E-state index in [9.17, 15) is 19.9 Å². The van der Waals surface area contributed by atoms with E-state index in [0.29, 0.717) is 5.56 Å². The van der Waals surface area contributed by atoms with Crippen LogP contribution in [0.3, 0.4) is 0 Å². The summed E-state index contributed by atoms with van der Waals surface area (Å²) in [5, 5.41) is 28.6. The second-order valence-electron chi connectivity index (χ2n) is 4.74. The summed E-state index contributed by atoms with van der Waals surface area (Å²) in [7, 11) is -1.60. The maximum atomic E-state index is 11.5. The molecule has 0 aliphatic carbocycles. The van der Waals surface area contributed by atoms with Gasteiger partial charge in [-0.25, -0.2) is 0 Å². The first kappa shape index (κ1) is 15.7. The number of ketones is 1. The number of para-hydroxylation sites is 1. The lowest BCUT2D eigenvalue weighted by atomic mass is 9.67. The molecule has 0 bridgehead atoms. The number of hydrogen-bond donors (Lipinski definition) is 4. The highest BCUT2D eigenvalue weighted by Crippen LogP contribution is 2.28. The minimum Gasteiger partial charge on any atom is -0.507 e. The predicted octanol–water partition coefficient (Wildman–Crippen LogP) is 0.394. The minimum atomic E-state index is -1.60. The van der Waals surface area contributed by atoms with E-state index in [0.717, 1.165) is 5.56 Å². The van der Waals surface area contributed by atoms with Crippen molar-refractivity contribution in [2.45, 2.75) is 32.0 Å². The Labute approximate surface area is 113 Å². The van der Waals surface area contributed by atoms with Crippen LogP contribution in [0.4, 0.5) is 0 Å². The number of Topliss-reactive ketones (excluding diaryl/α,β-unsaturated/α-hetero) is 1. The van der Waals surface area contributed by atoms with Gasteiger partial charge >= 0.3 is 7.12 Å². The first-order chi connectivity index (χ1) is 8.95. The van der Waals surface area contributed by atoms with Gasteiger partial charge in [0.15, 0.2) is 0 Å². The summed E-state index contributed by atoms with van der Waals surface area (Å²) in [6.45, 7) is 2.02. The molecular formula is C13H20BNO4. The summed E-state index contributed by atoms with van der Waals surface area (Å²) in [5.74, 6) is -0.598. The Morgan fingerprint density at radius 3 is 2.68 bits per heavy atom. The lowest BCUT2D eigenvalue weighted by Gasteiger charge is -2.16. The van der Waals surface area contributed by atoms with Crippen LogP contribution in [-0.4, -0.2) is 34.6 Å². The SMILES string of the molecule is Cc1cccc(CC(CC(=O)CCN)B(O)O)c1O. The first-order valence-corrected chi connectivity index (χ1v) is 6.31. The lowest BCUT2D eigenvalue weighted by Crippen LogP contribution is -2.25. The number of phenolic OH excluding ortho intramolecular Hbond substituents is 1. The third-order valence-electron chi connectivity index (χ3n) is 3.14. The molecule has 0 heterocycles. The quantitative estimate of drug-likeness (QED) is 0.534. The van der Waals surface area contributed by atoms with Crippen LogP contribution in [-0.2, 0) is 11.2 Å². The Balaban J connectivity index is 2.78. The molecule has 19 heavy (non-hydrogen) atoms. The molecule has 1 rings (SSSR count). The van der Waals surface area contributed by atoms with Gasteiger partial charge in [0, 0.05) is 18.7 Å². The highest BCUT2D eigenvalue weighted by atomic mass is 16.4. The topological polar surface area (TPSA) is 104 Å². The zero-order valence-corrected chi connectivity index (χ0v) is 11.0. The van der Waals surface area contributed by atoms with E-state index < -0.39 is 12.9 Å². The van der Waals surface area contributed by atoms with Crippen LogP contribution in [0.1, 0.15) is 24.0 Å². The molecule has 0 spiro atoms. The molecule has 0 amide bonds. The Kier molecular flexibility index (Phi) is 6.01. The van der Waals surface area contributed by atoms with Crippen molar-refractivity contribution < 1.29 is 19.9 Å². The Morgan fingerprint density at radius 1 is 1.42 bits per heavy atom. The number of aromatic hydroxyl groups is 1. The zero-order chi connectivity index (χ0) is 14.4. The molecule has 104 valence electrons. The third-order valence-corrected chi connectivity index (χ3v) is 3.14. The second-order valence-corrected chi connectivity index (χ2v) is 4.74. The number of carbonyl (C=O) groups is 1. The van der Waals surface area contributed by atoms with Crippen LogP contribution in [0.5, 0.6) is 5.75 Å². The van der Waals surface area contributed by atoms with Crippen LogP contribution < -0.4 is 5.73 Å². The summed E-state index contributed by atoms with van der Waals surface area (Å²) in [6.07, 6.45) is 0.507. The molecule has 0 aliphatic rings. The van der Waals surface area contributed by atoms with Gasteiger partial charge in [-0.1, -0.05) is 18.2 Å². The summed E-state index contributed by atoms with van der Waals surface area (Å²) < 4.78 is 0. The largest absolute Gasteiger partial charge is 0.507 e. The van der Waals surface area contributed by atoms with E-state index in [1.807, 2.05) is 0 Å². The van der Waals surface area contributed by atoms with Crippen LogP contribution in [0.25, 0.3) is 0 Å². The Hall–Kier alpha value is -1.37. The fraction of sp³-hybridized carbons (Fsp3) is 0.462. The second kappa shape index (κ2) is 7.28. The molecule has 5 N–H and O–H groups in total. The average molecular weight is 265 g/mol. The molecule has 6 heteroatoms. The van der Waals surface area contributed by atoms with Gasteiger partial charge in [0.2, 0.25) is 0 Å². The number of rotatable bonds is 7. The van der Waals surface area contributed by atoms with E-state index in [1.165, 1.54) is 0 Å². The summed E-state index contributed by atoms with van der Waals surface area (Å²) in [5.41, 5.74) is 6.62. The molecule has 0 radical (unpaired) electrons. The fourth-order valence-corrected chi connectivity index (χ4v) is 2.01. The molecule has 0 saturated heterocycles. The molecule has 0 saturated carbocycles. The van der Waals surface area contributed by atoms with Gasteiger partial charge in [-0.15, -0.1) is 0 Å². The van der Waals surface area contributed by atoms with E-state index >= 15 is 0 Å². The monoisotopic (exact) mass is 265 g/mol. The maximum Gasteiger partial charge on any atom is 0.455 e. The zero-order valence-electron chi connectivity index (χ0n) is 11.0.